The Hall–Kier alpha value is -3.06. The van der Waals surface area contributed by atoms with Crippen molar-refractivity contribution in [3.63, 3.8) is 0 Å². The topological polar surface area (TPSA) is 87.7 Å². The molecule has 1 atom stereocenters. The van der Waals surface area contributed by atoms with Crippen molar-refractivity contribution in [3.05, 3.63) is 59.1 Å². The Morgan fingerprint density at radius 1 is 1.15 bits per heavy atom. The summed E-state index contributed by atoms with van der Waals surface area (Å²) in [7, 11) is 1.55. The third-order valence-corrected chi connectivity index (χ3v) is 4.52. The first-order valence-corrected chi connectivity index (χ1v) is 8.66. The summed E-state index contributed by atoms with van der Waals surface area (Å²) in [5.41, 5.74) is 5.76. The van der Waals surface area contributed by atoms with Crippen molar-refractivity contribution in [3.8, 4) is 5.75 Å². The zero-order valence-electron chi connectivity index (χ0n) is 14.6. The van der Waals surface area contributed by atoms with Crippen LogP contribution in [0.1, 0.15) is 16.8 Å². The summed E-state index contributed by atoms with van der Waals surface area (Å²) < 4.78 is 5.17. The summed E-state index contributed by atoms with van der Waals surface area (Å²) in [5.74, 6) is -0.977. The standard InChI is InChI=1S/C19H18ClN3O4/c1-27-16-4-2-3-15(10-16)23-11-13(9-17(23)24)19(26)22-21-18(25)12-5-7-14(20)8-6-12/h2-8,10,13H,9,11H2,1H3,(H,21,25)(H,22,26)/t13-/m0/s1. The number of anilines is 1. The molecule has 1 aliphatic rings. The fraction of sp³-hybridized carbons (Fsp3) is 0.211. The van der Waals surface area contributed by atoms with Crippen LogP contribution in [0.15, 0.2) is 48.5 Å². The quantitative estimate of drug-likeness (QED) is 0.787. The number of nitrogens with one attached hydrogen (secondary N) is 2. The highest BCUT2D eigenvalue weighted by atomic mass is 35.5. The van der Waals surface area contributed by atoms with E-state index in [4.69, 9.17) is 16.3 Å². The van der Waals surface area contributed by atoms with Gasteiger partial charge in [-0.15, -0.1) is 0 Å². The van der Waals surface area contributed by atoms with Crippen molar-refractivity contribution in [1.29, 1.82) is 0 Å². The van der Waals surface area contributed by atoms with Crippen molar-refractivity contribution >= 4 is 35.0 Å². The monoisotopic (exact) mass is 387 g/mol. The van der Waals surface area contributed by atoms with Gasteiger partial charge in [0.25, 0.3) is 5.91 Å². The fourth-order valence-corrected chi connectivity index (χ4v) is 2.93. The van der Waals surface area contributed by atoms with E-state index in [2.05, 4.69) is 10.9 Å². The minimum Gasteiger partial charge on any atom is -0.497 e. The van der Waals surface area contributed by atoms with Gasteiger partial charge in [0.05, 0.1) is 13.0 Å². The number of carbonyl (C=O) groups excluding carboxylic acids is 3. The molecule has 2 aromatic carbocycles. The fourth-order valence-electron chi connectivity index (χ4n) is 2.80. The number of hydrogen-bond donors (Lipinski definition) is 2. The number of rotatable bonds is 4. The zero-order chi connectivity index (χ0) is 19.4. The summed E-state index contributed by atoms with van der Waals surface area (Å²) >= 11 is 5.78. The molecule has 2 aromatic rings. The lowest BCUT2D eigenvalue weighted by molar-refractivity contribution is -0.126. The number of carbonyl (C=O) groups is 3. The van der Waals surface area contributed by atoms with E-state index in [0.717, 1.165) is 0 Å². The maximum Gasteiger partial charge on any atom is 0.269 e. The van der Waals surface area contributed by atoms with E-state index in [9.17, 15) is 14.4 Å². The van der Waals surface area contributed by atoms with Crippen LogP contribution >= 0.6 is 11.6 Å². The van der Waals surface area contributed by atoms with Gasteiger partial charge >= 0.3 is 0 Å². The smallest absolute Gasteiger partial charge is 0.269 e. The SMILES string of the molecule is COc1cccc(N2C[C@@H](C(=O)NNC(=O)c3ccc(Cl)cc3)CC2=O)c1. The van der Waals surface area contributed by atoms with Crippen LogP contribution in [0.3, 0.4) is 0 Å². The van der Waals surface area contributed by atoms with E-state index in [1.807, 2.05) is 0 Å². The number of amides is 3. The van der Waals surface area contributed by atoms with Crippen LogP contribution < -0.4 is 20.5 Å². The normalized spacial score (nSPS) is 16.1. The van der Waals surface area contributed by atoms with E-state index in [1.54, 1.807) is 55.6 Å². The lowest BCUT2D eigenvalue weighted by Gasteiger charge is -2.17. The van der Waals surface area contributed by atoms with Gasteiger partial charge < -0.3 is 9.64 Å². The first-order chi connectivity index (χ1) is 13.0. The molecule has 0 aliphatic carbocycles. The van der Waals surface area contributed by atoms with Crippen LogP contribution in [0, 0.1) is 5.92 Å². The molecule has 0 saturated carbocycles. The second kappa shape index (κ2) is 8.09. The molecule has 1 saturated heterocycles. The van der Waals surface area contributed by atoms with Crippen LogP contribution in [0.4, 0.5) is 5.69 Å². The van der Waals surface area contributed by atoms with Crippen LogP contribution in [-0.2, 0) is 9.59 Å². The molecule has 0 aromatic heterocycles. The maximum absolute atomic E-state index is 12.3. The van der Waals surface area contributed by atoms with Gasteiger partial charge in [-0.05, 0) is 36.4 Å². The minimum atomic E-state index is -0.561. The molecule has 7 nitrogen and oxygen atoms in total. The number of hydrazine groups is 1. The Balaban J connectivity index is 1.58. The van der Waals surface area contributed by atoms with Crippen LogP contribution in [0.25, 0.3) is 0 Å². The number of hydrogen-bond acceptors (Lipinski definition) is 4. The Morgan fingerprint density at radius 2 is 1.89 bits per heavy atom. The summed E-state index contributed by atoms with van der Waals surface area (Å²) in [6, 6.07) is 13.3. The molecule has 0 unspecified atom stereocenters. The largest absolute Gasteiger partial charge is 0.497 e. The van der Waals surface area contributed by atoms with Crippen molar-refractivity contribution < 1.29 is 19.1 Å². The van der Waals surface area contributed by atoms with Crippen molar-refractivity contribution in [2.24, 2.45) is 5.92 Å². The summed E-state index contributed by atoms with van der Waals surface area (Å²) in [5, 5.41) is 0.512. The molecule has 1 fully saturated rings. The summed E-state index contributed by atoms with van der Waals surface area (Å²) in [6.45, 7) is 0.231. The highest BCUT2D eigenvalue weighted by Gasteiger charge is 2.35. The molecule has 27 heavy (non-hydrogen) atoms. The van der Waals surface area contributed by atoms with Gasteiger partial charge in [0.2, 0.25) is 11.8 Å². The molecular formula is C19H18ClN3O4. The van der Waals surface area contributed by atoms with E-state index in [1.165, 1.54) is 4.90 Å². The maximum atomic E-state index is 12.3. The van der Waals surface area contributed by atoms with Crippen molar-refractivity contribution in [1.82, 2.24) is 10.9 Å². The lowest BCUT2D eigenvalue weighted by atomic mass is 10.1. The van der Waals surface area contributed by atoms with Gasteiger partial charge in [-0.3, -0.25) is 25.2 Å². The Labute approximate surface area is 161 Å². The number of nitrogens with zero attached hydrogens (tertiary/aromatic N) is 1. The second-order valence-corrected chi connectivity index (χ2v) is 6.49. The van der Waals surface area contributed by atoms with Gasteiger partial charge in [0.15, 0.2) is 0 Å². The number of halogens is 1. The number of benzene rings is 2. The Kier molecular flexibility index (Phi) is 5.61. The molecule has 0 bridgehead atoms. The highest BCUT2D eigenvalue weighted by molar-refractivity contribution is 6.30. The van der Waals surface area contributed by atoms with E-state index < -0.39 is 17.7 Å². The van der Waals surface area contributed by atoms with Gasteiger partial charge in [-0.1, -0.05) is 17.7 Å². The van der Waals surface area contributed by atoms with Crippen LogP contribution in [0.5, 0.6) is 5.75 Å². The predicted molar refractivity (Wildman–Crippen MR) is 101 cm³/mol. The molecule has 8 heteroatoms. The molecular weight excluding hydrogens is 370 g/mol. The summed E-state index contributed by atoms with van der Waals surface area (Å²) in [4.78, 5) is 38.2. The first kappa shape index (κ1) is 18.7. The lowest BCUT2D eigenvalue weighted by Crippen LogP contribution is -2.45. The minimum absolute atomic E-state index is 0.0693. The van der Waals surface area contributed by atoms with Gasteiger partial charge in [0, 0.05) is 35.3 Å². The molecule has 1 aliphatic heterocycles. The molecule has 1 heterocycles. The molecule has 0 radical (unpaired) electrons. The van der Waals surface area contributed by atoms with Crippen molar-refractivity contribution in [2.45, 2.75) is 6.42 Å². The van der Waals surface area contributed by atoms with E-state index in [0.29, 0.717) is 22.0 Å². The third kappa shape index (κ3) is 4.38. The average molecular weight is 388 g/mol. The molecule has 140 valence electrons. The van der Waals surface area contributed by atoms with E-state index >= 15 is 0 Å². The van der Waals surface area contributed by atoms with Gasteiger partial charge in [-0.25, -0.2) is 0 Å². The molecule has 2 N–H and O–H groups in total. The zero-order valence-corrected chi connectivity index (χ0v) is 15.3. The third-order valence-electron chi connectivity index (χ3n) is 4.27. The van der Waals surface area contributed by atoms with Gasteiger partial charge in [0.1, 0.15) is 5.75 Å². The Bertz CT molecular complexity index is 870. The van der Waals surface area contributed by atoms with Gasteiger partial charge in [-0.2, -0.15) is 0 Å². The second-order valence-electron chi connectivity index (χ2n) is 6.06. The predicted octanol–water partition coefficient (Wildman–Crippen LogP) is 2.16. The number of methoxy groups -OCH3 is 1. The molecule has 0 spiro atoms. The molecule has 3 amide bonds. The highest BCUT2D eigenvalue weighted by Crippen LogP contribution is 2.27. The van der Waals surface area contributed by atoms with E-state index in [-0.39, 0.29) is 18.9 Å². The van der Waals surface area contributed by atoms with Crippen molar-refractivity contribution in [2.75, 3.05) is 18.6 Å². The van der Waals surface area contributed by atoms with Crippen LogP contribution in [0.2, 0.25) is 5.02 Å². The molecule has 3 rings (SSSR count). The summed E-state index contributed by atoms with van der Waals surface area (Å²) in [6.07, 6.45) is 0.0693. The van der Waals surface area contributed by atoms with Crippen LogP contribution in [-0.4, -0.2) is 31.4 Å². The number of ether oxygens (including phenoxy) is 1. The Morgan fingerprint density at radius 3 is 2.59 bits per heavy atom. The average Bonchev–Trinajstić information content (AvgIpc) is 3.08. The first-order valence-electron chi connectivity index (χ1n) is 8.28.